The molecule has 1 unspecified atom stereocenters. The number of aryl methyl sites for hydroxylation is 1. The molecule has 0 fully saturated rings. The van der Waals surface area contributed by atoms with Crippen LogP contribution in [0, 0.1) is 6.92 Å². The van der Waals surface area contributed by atoms with Gasteiger partial charge in [0.25, 0.3) is 0 Å². The van der Waals surface area contributed by atoms with E-state index in [9.17, 15) is 4.79 Å². The van der Waals surface area contributed by atoms with E-state index in [-0.39, 0.29) is 12.1 Å². The Morgan fingerprint density at radius 1 is 1.60 bits per heavy atom. The third kappa shape index (κ3) is 2.12. The molecule has 0 amide bonds. The molecular weight excluding hydrogens is 192 g/mol. The number of hydrogen-bond donors (Lipinski definition) is 0. The van der Waals surface area contributed by atoms with Crippen LogP contribution in [0.4, 0.5) is 0 Å². The van der Waals surface area contributed by atoms with Gasteiger partial charge in [-0.05, 0) is 18.6 Å². The summed E-state index contributed by atoms with van der Waals surface area (Å²) in [5.41, 5.74) is 2.40. The van der Waals surface area contributed by atoms with Gasteiger partial charge in [0.05, 0.1) is 13.5 Å². The lowest BCUT2D eigenvalue weighted by molar-refractivity contribution is -0.142. The maximum atomic E-state index is 11.1. The molecule has 15 heavy (non-hydrogen) atoms. The third-order valence-electron chi connectivity index (χ3n) is 2.58. The van der Waals surface area contributed by atoms with Crippen LogP contribution in [0.5, 0.6) is 5.75 Å². The van der Waals surface area contributed by atoms with Gasteiger partial charge in [-0.2, -0.15) is 0 Å². The zero-order chi connectivity index (χ0) is 10.8. The van der Waals surface area contributed by atoms with Crippen molar-refractivity contribution >= 4 is 5.97 Å². The first-order valence-corrected chi connectivity index (χ1v) is 5.02. The molecule has 3 nitrogen and oxygen atoms in total. The van der Waals surface area contributed by atoms with Gasteiger partial charge in [0.1, 0.15) is 11.9 Å². The smallest absolute Gasteiger partial charge is 0.309 e. The number of benzene rings is 1. The predicted octanol–water partition coefficient (Wildman–Crippen LogP) is 1.86. The van der Waals surface area contributed by atoms with Gasteiger partial charge in [-0.3, -0.25) is 4.79 Å². The summed E-state index contributed by atoms with van der Waals surface area (Å²) in [6.07, 6.45) is 1.06. The summed E-state index contributed by atoms with van der Waals surface area (Å²) < 4.78 is 10.2. The molecule has 1 heterocycles. The fourth-order valence-corrected chi connectivity index (χ4v) is 1.83. The first-order chi connectivity index (χ1) is 7.19. The average Bonchev–Trinajstić information content (AvgIpc) is 2.59. The lowest BCUT2D eigenvalue weighted by atomic mass is 10.1. The molecule has 2 rings (SSSR count). The number of fused-ring (bicyclic) bond motifs is 1. The summed E-state index contributed by atoms with van der Waals surface area (Å²) in [5, 5.41) is 0. The van der Waals surface area contributed by atoms with E-state index in [1.54, 1.807) is 0 Å². The Hall–Kier alpha value is -1.51. The van der Waals surface area contributed by atoms with E-state index in [0.29, 0.717) is 6.42 Å². The zero-order valence-electron chi connectivity index (χ0n) is 8.95. The van der Waals surface area contributed by atoms with Crippen LogP contribution < -0.4 is 4.74 Å². The van der Waals surface area contributed by atoms with Crippen molar-refractivity contribution in [3.63, 3.8) is 0 Å². The van der Waals surface area contributed by atoms with Gasteiger partial charge in [0, 0.05) is 6.42 Å². The molecule has 1 aliphatic heterocycles. The fraction of sp³-hybridized carbons (Fsp3) is 0.417. The molecule has 0 aromatic heterocycles. The van der Waals surface area contributed by atoms with E-state index < -0.39 is 0 Å². The summed E-state index contributed by atoms with van der Waals surface area (Å²) in [6, 6.07) is 6.08. The number of carbonyl (C=O) groups excluding carboxylic acids is 1. The van der Waals surface area contributed by atoms with Crippen LogP contribution in [0.3, 0.4) is 0 Å². The number of hydrogen-bond acceptors (Lipinski definition) is 3. The van der Waals surface area contributed by atoms with Crippen molar-refractivity contribution in [2.24, 2.45) is 0 Å². The molecule has 1 aliphatic rings. The lowest BCUT2D eigenvalue weighted by Gasteiger charge is -2.08. The summed E-state index contributed by atoms with van der Waals surface area (Å²) in [7, 11) is 1.40. The molecule has 1 aromatic rings. The minimum Gasteiger partial charge on any atom is -0.489 e. The molecule has 0 aliphatic carbocycles. The lowest BCUT2D eigenvalue weighted by Crippen LogP contribution is -2.18. The van der Waals surface area contributed by atoms with E-state index in [1.165, 1.54) is 18.2 Å². The van der Waals surface area contributed by atoms with Crippen molar-refractivity contribution in [1.82, 2.24) is 0 Å². The SMILES string of the molecule is COC(=O)CC1Cc2cc(C)ccc2O1. The van der Waals surface area contributed by atoms with Crippen molar-refractivity contribution in [3.05, 3.63) is 29.3 Å². The summed E-state index contributed by atoms with van der Waals surface area (Å²) in [4.78, 5) is 11.1. The molecule has 3 heteroatoms. The maximum absolute atomic E-state index is 11.1. The van der Waals surface area contributed by atoms with Gasteiger partial charge in [-0.25, -0.2) is 0 Å². The monoisotopic (exact) mass is 206 g/mol. The van der Waals surface area contributed by atoms with Crippen molar-refractivity contribution in [2.75, 3.05) is 7.11 Å². The first-order valence-electron chi connectivity index (χ1n) is 5.02. The Balaban J connectivity index is 2.06. The van der Waals surface area contributed by atoms with Crippen LogP contribution in [0.1, 0.15) is 17.5 Å². The Bertz CT molecular complexity index is 384. The Labute approximate surface area is 89.0 Å². The highest BCUT2D eigenvalue weighted by Crippen LogP contribution is 2.30. The number of ether oxygens (including phenoxy) is 2. The van der Waals surface area contributed by atoms with Gasteiger partial charge in [0.2, 0.25) is 0 Å². The standard InChI is InChI=1S/C12H14O3/c1-8-3-4-11-9(5-8)6-10(15-11)7-12(13)14-2/h3-5,10H,6-7H2,1-2H3. The Kier molecular flexibility index (Phi) is 2.62. The molecule has 0 saturated carbocycles. The zero-order valence-corrected chi connectivity index (χ0v) is 8.95. The number of rotatable bonds is 2. The van der Waals surface area contributed by atoms with Crippen molar-refractivity contribution in [1.29, 1.82) is 0 Å². The largest absolute Gasteiger partial charge is 0.489 e. The quantitative estimate of drug-likeness (QED) is 0.693. The van der Waals surface area contributed by atoms with Crippen LogP contribution >= 0.6 is 0 Å². The van der Waals surface area contributed by atoms with Crippen LogP contribution in [-0.4, -0.2) is 19.2 Å². The maximum Gasteiger partial charge on any atom is 0.309 e. The van der Waals surface area contributed by atoms with Gasteiger partial charge in [-0.1, -0.05) is 17.7 Å². The van der Waals surface area contributed by atoms with Crippen LogP contribution in [0.15, 0.2) is 18.2 Å². The van der Waals surface area contributed by atoms with Gasteiger partial charge in [-0.15, -0.1) is 0 Å². The van der Waals surface area contributed by atoms with Crippen LogP contribution in [-0.2, 0) is 16.0 Å². The van der Waals surface area contributed by atoms with Crippen molar-refractivity contribution < 1.29 is 14.3 Å². The number of methoxy groups -OCH3 is 1. The van der Waals surface area contributed by atoms with Crippen molar-refractivity contribution in [3.8, 4) is 5.75 Å². The van der Waals surface area contributed by atoms with E-state index in [1.807, 2.05) is 19.1 Å². The van der Waals surface area contributed by atoms with E-state index in [2.05, 4.69) is 10.8 Å². The molecule has 0 bridgehead atoms. The Morgan fingerprint density at radius 2 is 2.40 bits per heavy atom. The second kappa shape index (κ2) is 3.93. The van der Waals surface area contributed by atoms with Crippen LogP contribution in [0.25, 0.3) is 0 Å². The molecular formula is C12H14O3. The van der Waals surface area contributed by atoms with Gasteiger partial charge >= 0.3 is 5.97 Å². The summed E-state index contributed by atoms with van der Waals surface area (Å²) in [5.74, 6) is 0.680. The predicted molar refractivity (Wildman–Crippen MR) is 55.9 cm³/mol. The van der Waals surface area contributed by atoms with E-state index in [0.717, 1.165) is 12.2 Å². The first kappa shape index (κ1) is 10.0. The van der Waals surface area contributed by atoms with E-state index in [4.69, 9.17) is 4.74 Å². The molecule has 0 N–H and O–H groups in total. The highest BCUT2D eigenvalue weighted by molar-refractivity contribution is 5.70. The van der Waals surface area contributed by atoms with E-state index >= 15 is 0 Å². The van der Waals surface area contributed by atoms with Crippen molar-refractivity contribution in [2.45, 2.75) is 25.9 Å². The summed E-state index contributed by atoms with van der Waals surface area (Å²) >= 11 is 0. The minimum atomic E-state index is -0.218. The third-order valence-corrected chi connectivity index (χ3v) is 2.58. The van der Waals surface area contributed by atoms with Gasteiger partial charge < -0.3 is 9.47 Å². The van der Waals surface area contributed by atoms with Crippen LogP contribution in [0.2, 0.25) is 0 Å². The molecule has 0 saturated heterocycles. The highest BCUT2D eigenvalue weighted by Gasteiger charge is 2.25. The average molecular weight is 206 g/mol. The Morgan fingerprint density at radius 3 is 3.13 bits per heavy atom. The second-order valence-electron chi connectivity index (χ2n) is 3.84. The fourth-order valence-electron chi connectivity index (χ4n) is 1.83. The number of carbonyl (C=O) groups is 1. The summed E-state index contributed by atoms with van der Waals surface area (Å²) in [6.45, 7) is 2.05. The number of esters is 1. The molecule has 80 valence electrons. The molecule has 0 radical (unpaired) electrons. The molecule has 0 spiro atoms. The highest BCUT2D eigenvalue weighted by atomic mass is 16.5. The normalized spacial score (nSPS) is 18.1. The minimum absolute atomic E-state index is 0.0609. The topological polar surface area (TPSA) is 35.5 Å². The molecule has 1 atom stereocenters. The van der Waals surface area contributed by atoms with Gasteiger partial charge in [0.15, 0.2) is 0 Å². The second-order valence-corrected chi connectivity index (χ2v) is 3.84. The molecule has 1 aromatic carbocycles.